The molecule has 2 aromatic heterocycles. The first-order valence-electron chi connectivity index (χ1n) is 5.87. The van der Waals surface area contributed by atoms with Crippen molar-refractivity contribution in [2.45, 2.75) is 37.1 Å². The first kappa shape index (κ1) is 11.0. The second-order valence-corrected chi connectivity index (χ2v) is 4.70. The molecule has 3 rings (SSSR count). The van der Waals surface area contributed by atoms with E-state index in [2.05, 4.69) is 27.7 Å². The quantitative estimate of drug-likeness (QED) is 0.612. The lowest BCUT2D eigenvalue weighted by atomic mass is 9.97. The Kier molecular flexibility index (Phi) is 2.76. The molecule has 0 unspecified atom stereocenters. The highest BCUT2D eigenvalue weighted by molar-refractivity contribution is 7.80. The van der Waals surface area contributed by atoms with Gasteiger partial charge in [0.1, 0.15) is 5.03 Å². The van der Waals surface area contributed by atoms with E-state index in [0.29, 0.717) is 18.0 Å². The molecule has 0 aromatic carbocycles. The summed E-state index contributed by atoms with van der Waals surface area (Å²) in [4.78, 5) is 8.84. The minimum absolute atomic E-state index is 0.0541. The molecule has 6 heteroatoms. The standard InChI is InChI=1S/C11H14N4OS/c16-6-5-9-13-11-12-8-4-2-1-3-7(8)10(17)15(11)14-9/h16-17H,1-6H2. The number of aliphatic hydroxyl groups excluding tert-OH is 1. The average molecular weight is 250 g/mol. The molecule has 0 radical (unpaired) electrons. The molecule has 0 saturated carbocycles. The molecule has 0 aliphatic heterocycles. The van der Waals surface area contributed by atoms with Gasteiger partial charge in [-0.15, -0.1) is 17.7 Å². The van der Waals surface area contributed by atoms with Gasteiger partial charge in [0.05, 0.1) is 12.3 Å². The number of rotatable bonds is 2. The largest absolute Gasteiger partial charge is 0.396 e. The van der Waals surface area contributed by atoms with Gasteiger partial charge in [-0.1, -0.05) is 0 Å². The highest BCUT2D eigenvalue weighted by atomic mass is 32.1. The number of aryl methyl sites for hydroxylation is 1. The lowest BCUT2D eigenvalue weighted by Gasteiger charge is -2.16. The smallest absolute Gasteiger partial charge is 0.253 e. The van der Waals surface area contributed by atoms with Gasteiger partial charge in [-0.05, 0) is 25.7 Å². The Morgan fingerprint density at radius 1 is 1.24 bits per heavy atom. The summed E-state index contributed by atoms with van der Waals surface area (Å²) in [5, 5.41) is 14.1. The molecule has 1 aliphatic carbocycles. The fraction of sp³-hybridized carbons (Fsp3) is 0.545. The van der Waals surface area contributed by atoms with E-state index < -0.39 is 0 Å². The summed E-state index contributed by atoms with van der Waals surface area (Å²) >= 11 is 4.54. The third-order valence-electron chi connectivity index (χ3n) is 3.11. The topological polar surface area (TPSA) is 63.3 Å². The van der Waals surface area contributed by atoms with Crippen molar-refractivity contribution in [1.29, 1.82) is 0 Å². The second kappa shape index (κ2) is 4.27. The molecule has 2 heterocycles. The van der Waals surface area contributed by atoms with Crippen LogP contribution >= 0.6 is 12.6 Å². The zero-order chi connectivity index (χ0) is 11.8. The van der Waals surface area contributed by atoms with Gasteiger partial charge in [-0.2, -0.15) is 9.50 Å². The monoisotopic (exact) mass is 250 g/mol. The molecule has 90 valence electrons. The predicted octanol–water partition coefficient (Wildman–Crippen LogP) is 0.827. The summed E-state index contributed by atoms with van der Waals surface area (Å²) in [5.41, 5.74) is 2.31. The van der Waals surface area contributed by atoms with Crippen LogP contribution in [0.5, 0.6) is 0 Å². The molecule has 2 aromatic rings. The zero-order valence-electron chi connectivity index (χ0n) is 9.43. The number of thiol groups is 1. The first-order valence-corrected chi connectivity index (χ1v) is 6.31. The Labute approximate surface area is 104 Å². The Morgan fingerprint density at radius 2 is 2.06 bits per heavy atom. The summed E-state index contributed by atoms with van der Waals surface area (Å²) < 4.78 is 1.68. The molecule has 0 spiro atoms. The SMILES string of the molecule is OCCc1nc2nc3c(c(S)n2n1)CCCC3. The number of aromatic nitrogens is 4. The van der Waals surface area contributed by atoms with Crippen molar-refractivity contribution < 1.29 is 5.11 Å². The minimum atomic E-state index is 0.0541. The minimum Gasteiger partial charge on any atom is -0.396 e. The van der Waals surface area contributed by atoms with Crippen LogP contribution in [0.4, 0.5) is 0 Å². The average Bonchev–Trinajstić information content (AvgIpc) is 2.73. The molecule has 1 N–H and O–H groups in total. The number of nitrogens with zero attached hydrogens (tertiary/aromatic N) is 4. The maximum Gasteiger partial charge on any atom is 0.253 e. The lowest BCUT2D eigenvalue weighted by Crippen LogP contribution is -2.10. The van der Waals surface area contributed by atoms with Crippen LogP contribution in [0.15, 0.2) is 5.03 Å². The molecule has 0 saturated heterocycles. The van der Waals surface area contributed by atoms with E-state index in [0.717, 1.165) is 23.6 Å². The van der Waals surface area contributed by atoms with E-state index in [4.69, 9.17) is 5.11 Å². The maximum atomic E-state index is 8.90. The normalized spacial score (nSPS) is 15.2. The van der Waals surface area contributed by atoms with Gasteiger partial charge < -0.3 is 5.11 Å². The Morgan fingerprint density at radius 3 is 2.88 bits per heavy atom. The van der Waals surface area contributed by atoms with Gasteiger partial charge in [0, 0.05) is 12.0 Å². The van der Waals surface area contributed by atoms with Gasteiger partial charge >= 0.3 is 0 Å². The van der Waals surface area contributed by atoms with Crippen LogP contribution in [-0.4, -0.2) is 31.3 Å². The van der Waals surface area contributed by atoms with Crippen molar-refractivity contribution in [1.82, 2.24) is 19.6 Å². The van der Waals surface area contributed by atoms with Crippen molar-refractivity contribution in [2.24, 2.45) is 0 Å². The third-order valence-corrected chi connectivity index (χ3v) is 3.57. The van der Waals surface area contributed by atoms with Crippen LogP contribution in [0.1, 0.15) is 29.9 Å². The highest BCUT2D eigenvalue weighted by Gasteiger charge is 2.18. The van der Waals surface area contributed by atoms with Crippen molar-refractivity contribution in [2.75, 3.05) is 6.61 Å². The van der Waals surface area contributed by atoms with Crippen LogP contribution in [0.3, 0.4) is 0 Å². The highest BCUT2D eigenvalue weighted by Crippen LogP contribution is 2.25. The maximum absolute atomic E-state index is 8.90. The molecule has 1 aliphatic rings. The molecule has 5 nitrogen and oxygen atoms in total. The van der Waals surface area contributed by atoms with Crippen molar-refractivity contribution in [3.8, 4) is 0 Å². The van der Waals surface area contributed by atoms with E-state index in [9.17, 15) is 0 Å². The van der Waals surface area contributed by atoms with Crippen LogP contribution in [0.2, 0.25) is 0 Å². The number of fused-ring (bicyclic) bond motifs is 2. The summed E-state index contributed by atoms with van der Waals surface area (Å²) in [7, 11) is 0. The molecule has 0 amide bonds. The van der Waals surface area contributed by atoms with Crippen LogP contribution in [0.25, 0.3) is 5.78 Å². The Hall–Kier alpha value is -1.14. The van der Waals surface area contributed by atoms with Crippen LogP contribution in [-0.2, 0) is 19.3 Å². The summed E-state index contributed by atoms with van der Waals surface area (Å²) in [5.74, 6) is 1.22. The van der Waals surface area contributed by atoms with E-state index >= 15 is 0 Å². The molecular formula is C11H14N4OS. The van der Waals surface area contributed by atoms with Crippen LogP contribution < -0.4 is 0 Å². The number of hydrogen-bond acceptors (Lipinski definition) is 5. The summed E-state index contributed by atoms with van der Waals surface area (Å²) in [6.07, 6.45) is 4.85. The summed E-state index contributed by atoms with van der Waals surface area (Å²) in [6, 6.07) is 0. The van der Waals surface area contributed by atoms with Gasteiger partial charge in [0.2, 0.25) is 0 Å². The Bertz CT molecular complexity index is 566. The van der Waals surface area contributed by atoms with E-state index in [1.165, 1.54) is 18.4 Å². The molecular weight excluding hydrogens is 236 g/mol. The molecule has 0 bridgehead atoms. The molecule has 0 fully saturated rings. The fourth-order valence-corrected chi connectivity index (χ4v) is 2.64. The lowest BCUT2D eigenvalue weighted by molar-refractivity contribution is 0.296. The van der Waals surface area contributed by atoms with Crippen molar-refractivity contribution >= 4 is 18.4 Å². The summed E-state index contributed by atoms with van der Waals surface area (Å²) in [6.45, 7) is 0.0541. The van der Waals surface area contributed by atoms with Gasteiger partial charge in [0.25, 0.3) is 5.78 Å². The second-order valence-electron chi connectivity index (χ2n) is 4.28. The molecule has 0 atom stereocenters. The number of hydrogen-bond donors (Lipinski definition) is 2. The van der Waals surface area contributed by atoms with Crippen LogP contribution in [0, 0.1) is 0 Å². The first-order chi connectivity index (χ1) is 8.29. The predicted molar refractivity (Wildman–Crippen MR) is 65.5 cm³/mol. The third kappa shape index (κ3) is 1.81. The zero-order valence-corrected chi connectivity index (χ0v) is 10.3. The van der Waals surface area contributed by atoms with Gasteiger partial charge in [0.15, 0.2) is 5.82 Å². The molecule has 17 heavy (non-hydrogen) atoms. The fourth-order valence-electron chi connectivity index (χ4n) is 2.27. The van der Waals surface area contributed by atoms with Crippen molar-refractivity contribution in [3.05, 3.63) is 17.1 Å². The van der Waals surface area contributed by atoms with E-state index in [-0.39, 0.29) is 6.61 Å². The van der Waals surface area contributed by atoms with Gasteiger partial charge in [-0.3, -0.25) is 0 Å². The Balaban J connectivity index is 2.18. The van der Waals surface area contributed by atoms with Gasteiger partial charge in [-0.25, -0.2) is 4.98 Å². The van der Waals surface area contributed by atoms with Crippen molar-refractivity contribution in [3.63, 3.8) is 0 Å². The van der Waals surface area contributed by atoms with E-state index in [1.807, 2.05) is 0 Å². The number of aliphatic hydroxyl groups is 1. The van der Waals surface area contributed by atoms with E-state index in [1.54, 1.807) is 4.52 Å².